The van der Waals surface area contributed by atoms with Crippen molar-refractivity contribution in [3.05, 3.63) is 29.5 Å². The number of aromatic nitrogens is 1. The predicted octanol–water partition coefficient (Wildman–Crippen LogP) is 4.56. The zero-order valence-corrected chi connectivity index (χ0v) is 15.9. The van der Waals surface area contributed by atoms with Gasteiger partial charge in [0.2, 0.25) is 0 Å². The number of aromatic amines is 1. The highest BCUT2D eigenvalue weighted by Gasteiger charge is 2.22. The fourth-order valence-corrected chi connectivity index (χ4v) is 4.99. The van der Waals surface area contributed by atoms with Crippen LogP contribution in [-0.2, 0) is 4.79 Å². The van der Waals surface area contributed by atoms with E-state index >= 15 is 0 Å². The van der Waals surface area contributed by atoms with Crippen LogP contribution >= 0.6 is 11.8 Å². The molecular formula is C20H25N3O2S. The van der Waals surface area contributed by atoms with E-state index in [1.165, 1.54) is 42.3 Å². The molecule has 5 nitrogen and oxygen atoms in total. The van der Waals surface area contributed by atoms with Crippen molar-refractivity contribution >= 4 is 39.4 Å². The van der Waals surface area contributed by atoms with Crippen LogP contribution in [0.1, 0.15) is 49.8 Å². The molecule has 1 atom stereocenters. The number of H-pyrrole nitrogens is 1. The van der Waals surface area contributed by atoms with Crippen LogP contribution in [0.4, 0.5) is 5.69 Å². The predicted molar refractivity (Wildman–Crippen MR) is 109 cm³/mol. The summed E-state index contributed by atoms with van der Waals surface area (Å²) >= 11 is 1.72. The van der Waals surface area contributed by atoms with Crippen molar-refractivity contribution in [2.75, 3.05) is 11.1 Å². The fraction of sp³-hybridized carbons (Fsp3) is 0.500. The van der Waals surface area contributed by atoms with E-state index in [0.29, 0.717) is 12.5 Å². The topological polar surface area (TPSA) is 77.5 Å². The minimum Gasteiger partial charge on any atom is -0.481 e. The molecule has 26 heavy (non-hydrogen) atoms. The number of carboxylic acid groups (broad SMARTS) is 1. The van der Waals surface area contributed by atoms with E-state index < -0.39 is 5.97 Å². The maximum atomic E-state index is 10.8. The molecule has 1 aromatic heterocycles. The van der Waals surface area contributed by atoms with Gasteiger partial charge in [0.15, 0.2) is 0 Å². The van der Waals surface area contributed by atoms with Crippen LogP contribution in [0, 0.1) is 6.92 Å². The molecule has 1 saturated carbocycles. The maximum Gasteiger partial charge on any atom is 0.303 e. The molecule has 2 aromatic rings. The van der Waals surface area contributed by atoms with E-state index in [4.69, 9.17) is 10.1 Å². The first-order valence-corrected chi connectivity index (χ1v) is 10.4. The third-order valence-corrected chi connectivity index (χ3v) is 6.37. The van der Waals surface area contributed by atoms with Crippen LogP contribution in [0.15, 0.2) is 23.2 Å². The Morgan fingerprint density at radius 2 is 2.15 bits per heavy atom. The van der Waals surface area contributed by atoms with Crippen LogP contribution in [0.3, 0.4) is 0 Å². The number of aliphatic imine (C=N–C) groups is 1. The minimum atomic E-state index is -0.748. The number of aryl methyl sites for hydroxylation is 1. The van der Waals surface area contributed by atoms with E-state index in [0.717, 1.165) is 22.0 Å². The Balaban J connectivity index is 1.59. The summed E-state index contributed by atoms with van der Waals surface area (Å²) in [6.45, 7) is 2.13. The number of aliphatic carboxylic acids is 1. The van der Waals surface area contributed by atoms with Gasteiger partial charge in [-0.15, -0.1) is 11.8 Å². The second-order valence-corrected chi connectivity index (χ2v) is 8.43. The summed E-state index contributed by atoms with van der Waals surface area (Å²) in [4.78, 5) is 19.1. The number of nitrogens with one attached hydrogen (secondary N) is 2. The van der Waals surface area contributed by atoms with E-state index in [9.17, 15) is 4.79 Å². The van der Waals surface area contributed by atoms with Crippen LogP contribution in [0.5, 0.6) is 0 Å². The Hall–Kier alpha value is -1.95. The third-order valence-electron chi connectivity index (χ3n) is 5.22. The number of fused-ring (bicyclic) bond motifs is 1. The highest BCUT2D eigenvalue weighted by atomic mass is 32.2. The lowest BCUT2D eigenvalue weighted by Gasteiger charge is -2.15. The molecular weight excluding hydrogens is 346 g/mol. The molecule has 3 N–H and O–H groups in total. The molecule has 0 spiro atoms. The van der Waals surface area contributed by atoms with Crippen molar-refractivity contribution in [1.82, 2.24) is 4.98 Å². The van der Waals surface area contributed by atoms with Gasteiger partial charge < -0.3 is 15.4 Å². The quantitative estimate of drug-likeness (QED) is 0.696. The fourth-order valence-electron chi connectivity index (χ4n) is 3.91. The van der Waals surface area contributed by atoms with Crippen LogP contribution in [0.25, 0.3) is 10.9 Å². The Kier molecular flexibility index (Phi) is 4.94. The van der Waals surface area contributed by atoms with Crippen molar-refractivity contribution < 1.29 is 9.90 Å². The molecule has 2 heterocycles. The highest BCUT2D eigenvalue weighted by molar-refractivity contribution is 8.14. The number of thioether (sulfide) groups is 1. The summed E-state index contributed by atoms with van der Waals surface area (Å²) in [5.41, 5.74) is 4.63. The number of nitrogens with zero attached hydrogens (tertiary/aromatic N) is 1. The van der Waals surface area contributed by atoms with E-state index in [1.54, 1.807) is 11.8 Å². The first-order valence-electron chi connectivity index (χ1n) is 9.41. The van der Waals surface area contributed by atoms with Crippen molar-refractivity contribution in [3.8, 4) is 0 Å². The molecule has 1 fully saturated rings. The van der Waals surface area contributed by atoms with Gasteiger partial charge in [0.25, 0.3) is 0 Å². The molecule has 0 radical (unpaired) electrons. The summed E-state index contributed by atoms with van der Waals surface area (Å²) in [5, 5.41) is 14.8. The molecule has 1 aliphatic heterocycles. The number of anilines is 1. The molecule has 1 aliphatic carbocycles. The van der Waals surface area contributed by atoms with Crippen molar-refractivity contribution in [3.63, 3.8) is 0 Å². The number of hydrogen-bond acceptors (Lipinski definition) is 4. The van der Waals surface area contributed by atoms with Crippen LogP contribution < -0.4 is 5.32 Å². The Bertz CT molecular complexity index is 852. The Labute approximate surface area is 157 Å². The number of benzene rings is 1. The second kappa shape index (κ2) is 7.35. The molecule has 4 rings (SSSR count). The summed E-state index contributed by atoms with van der Waals surface area (Å²) in [7, 11) is 0. The average molecular weight is 372 g/mol. The average Bonchev–Trinajstić information content (AvgIpc) is 3.32. The van der Waals surface area contributed by atoms with E-state index in [1.807, 2.05) is 0 Å². The van der Waals surface area contributed by atoms with Crippen molar-refractivity contribution in [2.45, 2.75) is 57.5 Å². The molecule has 2 aliphatic rings. The molecule has 0 amide bonds. The van der Waals surface area contributed by atoms with Crippen molar-refractivity contribution in [1.29, 1.82) is 0 Å². The number of rotatable bonds is 6. The van der Waals surface area contributed by atoms with E-state index in [2.05, 4.69) is 35.4 Å². The van der Waals surface area contributed by atoms with Gasteiger partial charge in [-0.1, -0.05) is 12.8 Å². The number of carbonyl (C=O) groups is 1. The minimum absolute atomic E-state index is 0.107. The first-order chi connectivity index (χ1) is 12.6. The first kappa shape index (κ1) is 17.5. The lowest BCUT2D eigenvalue weighted by Crippen LogP contribution is -2.14. The van der Waals surface area contributed by atoms with Gasteiger partial charge in [0.1, 0.15) is 5.04 Å². The maximum absolute atomic E-state index is 10.8. The molecule has 1 aromatic carbocycles. The summed E-state index contributed by atoms with van der Waals surface area (Å²) < 4.78 is 0. The van der Waals surface area contributed by atoms with Gasteiger partial charge in [-0.05, 0) is 49.9 Å². The second-order valence-electron chi connectivity index (χ2n) is 7.42. The lowest BCUT2D eigenvalue weighted by molar-refractivity contribution is -0.137. The number of carboxylic acids is 1. The monoisotopic (exact) mass is 371 g/mol. The van der Waals surface area contributed by atoms with Crippen LogP contribution in [-0.4, -0.2) is 38.9 Å². The largest absolute Gasteiger partial charge is 0.481 e. The zero-order valence-electron chi connectivity index (χ0n) is 15.0. The van der Waals surface area contributed by atoms with Gasteiger partial charge in [-0.2, -0.15) is 0 Å². The summed E-state index contributed by atoms with van der Waals surface area (Å²) in [6.07, 6.45) is 5.91. The van der Waals surface area contributed by atoms with Gasteiger partial charge >= 0.3 is 5.97 Å². The zero-order chi connectivity index (χ0) is 18.1. The van der Waals surface area contributed by atoms with Crippen LogP contribution in [0.2, 0.25) is 0 Å². The van der Waals surface area contributed by atoms with E-state index in [-0.39, 0.29) is 12.5 Å². The standard InChI is InChI=1S/C20H25N3O2S/c1-12-8-13-10-17(20-22-15(11-26-20)6-7-18(24)25)23-19(13)16(9-12)21-14-4-2-3-5-14/h8-10,14-15,21,23H,2-7,11H2,1H3,(H,24,25)/t15-/m1/s1. The molecule has 0 bridgehead atoms. The highest BCUT2D eigenvalue weighted by Crippen LogP contribution is 2.32. The molecule has 138 valence electrons. The van der Waals surface area contributed by atoms with Gasteiger partial charge in [-0.3, -0.25) is 9.79 Å². The van der Waals surface area contributed by atoms with Gasteiger partial charge in [0.05, 0.1) is 22.9 Å². The molecule has 0 saturated heterocycles. The Morgan fingerprint density at radius 3 is 2.92 bits per heavy atom. The summed E-state index contributed by atoms with van der Waals surface area (Å²) in [6, 6.07) is 7.28. The van der Waals surface area contributed by atoms with Gasteiger partial charge in [-0.25, -0.2) is 0 Å². The van der Waals surface area contributed by atoms with Gasteiger partial charge in [0, 0.05) is 23.6 Å². The molecule has 0 unspecified atom stereocenters. The SMILES string of the molecule is Cc1cc(NC2CCCC2)c2[nH]c(C3=N[C@H](CCC(=O)O)CS3)cc2c1. The number of hydrogen-bond donors (Lipinski definition) is 3. The van der Waals surface area contributed by atoms with Crippen molar-refractivity contribution in [2.24, 2.45) is 4.99 Å². The smallest absolute Gasteiger partial charge is 0.303 e. The third kappa shape index (κ3) is 3.75. The summed E-state index contributed by atoms with van der Waals surface area (Å²) in [5.74, 6) is 0.117. The Morgan fingerprint density at radius 1 is 1.35 bits per heavy atom. The lowest BCUT2D eigenvalue weighted by atomic mass is 10.1. The molecule has 6 heteroatoms. The normalized spacial score (nSPS) is 20.7.